The predicted octanol–water partition coefficient (Wildman–Crippen LogP) is 3.46. The predicted molar refractivity (Wildman–Crippen MR) is 72.3 cm³/mol. The van der Waals surface area contributed by atoms with E-state index < -0.39 is 0 Å². The number of aromatic nitrogens is 2. The van der Waals surface area contributed by atoms with Crippen LogP contribution in [0.4, 0.5) is 5.69 Å². The summed E-state index contributed by atoms with van der Waals surface area (Å²) in [7, 11) is 0. The Morgan fingerprint density at radius 1 is 1.39 bits per heavy atom. The van der Waals surface area contributed by atoms with E-state index in [-0.39, 0.29) is 5.91 Å². The Kier molecular flexibility index (Phi) is 3.89. The molecule has 0 aliphatic carbocycles. The molecule has 0 saturated heterocycles. The quantitative estimate of drug-likeness (QED) is 0.938. The Labute approximate surface area is 115 Å². The SMILES string of the molecule is CCn1ccc(C(=O)Nc2cccc(Cl)c2Cl)n1. The lowest BCUT2D eigenvalue weighted by Gasteiger charge is -2.06. The smallest absolute Gasteiger partial charge is 0.276 e. The zero-order chi connectivity index (χ0) is 13.1. The number of hydrogen-bond acceptors (Lipinski definition) is 2. The average Bonchev–Trinajstić information content (AvgIpc) is 2.83. The molecule has 2 rings (SSSR count). The molecule has 1 aromatic heterocycles. The normalized spacial score (nSPS) is 10.4. The summed E-state index contributed by atoms with van der Waals surface area (Å²) in [5, 5.41) is 7.50. The molecule has 6 heteroatoms. The molecule has 2 aromatic rings. The van der Waals surface area contributed by atoms with E-state index in [0.717, 1.165) is 0 Å². The summed E-state index contributed by atoms with van der Waals surface area (Å²) in [5.41, 5.74) is 0.813. The molecule has 0 aliphatic heterocycles. The molecule has 0 saturated carbocycles. The van der Waals surface area contributed by atoms with Crippen LogP contribution in [0.15, 0.2) is 30.5 Å². The van der Waals surface area contributed by atoms with Crippen LogP contribution in [0.1, 0.15) is 17.4 Å². The third kappa shape index (κ3) is 2.66. The Balaban J connectivity index is 2.18. The van der Waals surface area contributed by atoms with Crippen molar-refractivity contribution in [2.45, 2.75) is 13.5 Å². The van der Waals surface area contributed by atoms with Crippen molar-refractivity contribution in [3.05, 3.63) is 46.2 Å². The van der Waals surface area contributed by atoms with Gasteiger partial charge in [0.05, 0.1) is 15.7 Å². The monoisotopic (exact) mass is 283 g/mol. The van der Waals surface area contributed by atoms with Gasteiger partial charge in [-0.25, -0.2) is 0 Å². The zero-order valence-electron chi connectivity index (χ0n) is 9.65. The van der Waals surface area contributed by atoms with Crippen LogP contribution in [0.2, 0.25) is 10.0 Å². The van der Waals surface area contributed by atoms with Gasteiger partial charge in [-0.15, -0.1) is 0 Å². The lowest BCUT2D eigenvalue weighted by atomic mass is 10.3. The molecule has 0 fully saturated rings. The van der Waals surface area contributed by atoms with E-state index in [1.165, 1.54) is 0 Å². The van der Waals surface area contributed by atoms with Crippen LogP contribution in [0.3, 0.4) is 0 Å². The second-order valence-electron chi connectivity index (χ2n) is 3.61. The van der Waals surface area contributed by atoms with Gasteiger partial charge in [-0.1, -0.05) is 29.3 Å². The number of carbonyl (C=O) groups is 1. The fourth-order valence-corrected chi connectivity index (χ4v) is 1.79. The molecule has 1 amide bonds. The van der Waals surface area contributed by atoms with Crippen molar-refractivity contribution >= 4 is 34.8 Å². The van der Waals surface area contributed by atoms with E-state index in [9.17, 15) is 4.79 Å². The van der Waals surface area contributed by atoms with Crippen molar-refractivity contribution in [1.29, 1.82) is 0 Å². The molecule has 4 nitrogen and oxygen atoms in total. The van der Waals surface area contributed by atoms with Crippen LogP contribution in [0.25, 0.3) is 0 Å². The minimum Gasteiger partial charge on any atom is -0.319 e. The van der Waals surface area contributed by atoms with Gasteiger partial charge in [0, 0.05) is 12.7 Å². The number of nitrogens with zero attached hydrogens (tertiary/aromatic N) is 2. The van der Waals surface area contributed by atoms with Crippen LogP contribution in [-0.4, -0.2) is 15.7 Å². The number of hydrogen-bond donors (Lipinski definition) is 1. The van der Waals surface area contributed by atoms with Crippen molar-refractivity contribution in [3.8, 4) is 0 Å². The summed E-state index contributed by atoms with van der Waals surface area (Å²) < 4.78 is 1.68. The van der Waals surface area contributed by atoms with Gasteiger partial charge in [0.25, 0.3) is 5.91 Å². The number of amides is 1. The molecule has 0 bridgehead atoms. The largest absolute Gasteiger partial charge is 0.319 e. The third-order valence-corrected chi connectivity index (χ3v) is 3.22. The zero-order valence-corrected chi connectivity index (χ0v) is 11.2. The van der Waals surface area contributed by atoms with Crippen LogP contribution >= 0.6 is 23.2 Å². The van der Waals surface area contributed by atoms with Crippen molar-refractivity contribution in [2.75, 3.05) is 5.32 Å². The minimum atomic E-state index is -0.314. The van der Waals surface area contributed by atoms with Crippen molar-refractivity contribution in [2.24, 2.45) is 0 Å². The first-order chi connectivity index (χ1) is 8.61. The van der Waals surface area contributed by atoms with Crippen LogP contribution in [0.5, 0.6) is 0 Å². The molecule has 0 radical (unpaired) electrons. The molecule has 1 aromatic carbocycles. The molecule has 0 atom stereocenters. The van der Waals surface area contributed by atoms with Crippen LogP contribution in [0, 0.1) is 0 Å². The summed E-state index contributed by atoms with van der Waals surface area (Å²) >= 11 is 11.9. The second kappa shape index (κ2) is 5.42. The lowest BCUT2D eigenvalue weighted by Crippen LogP contribution is -2.13. The summed E-state index contributed by atoms with van der Waals surface area (Å²) in [6.45, 7) is 2.66. The van der Waals surface area contributed by atoms with Crippen LogP contribution < -0.4 is 5.32 Å². The highest BCUT2D eigenvalue weighted by atomic mass is 35.5. The number of halogens is 2. The van der Waals surface area contributed by atoms with Gasteiger partial charge < -0.3 is 5.32 Å². The highest BCUT2D eigenvalue weighted by molar-refractivity contribution is 6.44. The Morgan fingerprint density at radius 2 is 2.17 bits per heavy atom. The van der Waals surface area contributed by atoms with Gasteiger partial charge >= 0.3 is 0 Å². The summed E-state index contributed by atoms with van der Waals surface area (Å²) in [5.74, 6) is -0.314. The maximum absolute atomic E-state index is 11.9. The first-order valence-corrected chi connectivity index (χ1v) is 6.16. The molecule has 1 heterocycles. The fourth-order valence-electron chi connectivity index (χ4n) is 1.45. The molecule has 18 heavy (non-hydrogen) atoms. The molecular formula is C12H11Cl2N3O. The van der Waals surface area contributed by atoms with Gasteiger partial charge in [0.2, 0.25) is 0 Å². The van der Waals surface area contributed by atoms with Gasteiger partial charge in [-0.3, -0.25) is 9.48 Å². The Morgan fingerprint density at radius 3 is 2.83 bits per heavy atom. The average molecular weight is 284 g/mol. The van der Waals surface area contributed by atoms with Gasteiger partial charge in [-0.2, -0.15) is 5.10 Å². The molecule has 0 aliphatic rings. The highest BCUT2D eigenvalue weighted by Gasteiger charge is 2.12. The van der Waals surface area contributed by atoms with Gasteiger partial charge in [0.1, 0.15) is 0 Å². The highest BCUT2D eigenvalue weighted by Crippen LogP contribution is 2.29. The van der Waals surface area contributed by atoms with E-state index >= 15 is 0 Å². The van der Waals surface area contributed by atoms with Crippen molar-refractivity contribution in [3.63, 3.8) is 0 Å². The summed E-state index contributed by atoms with van der Waals surface area (Å²) in [4.78, 5) is 11.9. The van der Waals surface area contributed by atoms with Gasteiger partial charge in [-0.05, 0) is 25.1 Å². The number of aryl methyl sites for hydroxylation is 1. The van der Waals surface area contributed by atoms with E-state index in [1.807, 2.05) is 6.92 Å². The number of nitrogens with one attached hydrogen (secondary N) is 1. The van der Waals surface area contributed by atoms with Crippen molar-refractivity contribution < 1.29 is 4.79 Å². The van der Waals surface area contributed by atoms with Gasteiger partial charge in [0.15, 0.2) is 5.69 Å². The molecule has 1 N–H and O–H groups in total. The summed E-state index contributed by atoms with van der Waals surface area (Å²) in [6.07, 6.45) is 1.74. The summed E-state index contributed by atoms with van der Waals surface area (Å²) in [6, 6.07) is 6.71. The van der Waals surface area contributed by atoms with Crippen molar-refractivity contribution in [1.82, 2.24) is 9.78 Å². The number of benzene rings is 1. The molecular weight excluding hydrogens is 273 g/mol. The molecule has 0 spiro atoms. The molecule has 0 unspecified atom stereocenters. The topological polar surface area (TPSA) is 46.9 Å². The fraction of sp³-hybridized carbons (Fsp3) is 0.167. The third-order valence-electron chi connectivity index (χ3n) is 2.40. The maximum Gasteiger partial charge on any atom is 0.276 e. The number of anilines is 1. The Bertz CT molecular complexity index is 580. The lowest BCUT2D eigenvalue weighted by molar-refractivity contribution is 0.102. The minimum absolute atomic E-state index is 0.314. The first kappa shape index (κ1) is 12.9. The van der Waals surface area contributed by atoms with E-state index in [2.05, 4.69) is 10.4 Å². The first-order valence-electron chi connectivity index (χ1n) is 5.40. The van der Waals surface area contributed by atoms with E-state index in [4.69, 9.17) is 23.2 Å². The number of carbonyl (C=O) groups excluding carboxylic acids is 1. The standard InChI is InChI=1S/C12H11Cl2N3O/c1-2-17-7-6-10(16-17)12(18)15-9-5-3-4-8(13)11(9)14/h3-7H,2H2,1H3,(H,15,18). The van der Waals surface area contributed by atoms with Crippen LogP contribution in [-0.2, 0) is 6.54 Å². The maximum atomic E-state index is 11.9. The second-order valence-corrected chi connectivity index (χ2v) is 4.40. The number of rotatable bonds is 3. The van der Waals surface area contributed by atoms with E-state index in [0.29, 0.717) is 28.0 Å². The molecule has 94 valence electrons. The van der Waals surface area contributed by atoms with E-state index in [1.54, 1.807) is 35.1 Å². The Hall–Kier alpha value is -1.52.